The van der Waals surface area contributed by atoms with Crippen LogP contribution in [-0.2, 0) is 11.3 Å². The maximum atomic E-state index is 12.6. The van der Waals surface area contributed by atoms with Gasteiger partial charge in [0.1, 0.15) is 0 Å². The van der Waals surface area contributed by atoms with E-state index in [1.807, 2.05) is 61.5 Å². The minimum Gasteiger partial charge on any atom is -0.453 e. The zero-order valence-corrected chi connectivity index (χ0v) is 17.0. The van der Waals surface area contributed by atoms with E-state index >= 15 is 0 Å². The fourth-order valence-corrected chi connectivity index (χ4v) is 2.93. The van der Waals surface area contributed by atoms with Gasteiger partial charge in [-0.15, -0.1) is 5.10 Å². The van der Waals surface area contributed by atoms with Crippen molar-refractivity contribution in [3.8, 4) is 5.69 Å². The first-order valence-electron chi connectivity index (χ1n) is 9.48. The van der Waals surface area contributed by atoms with Gasteiger partial charge in [-0.3, -0.25) is 0 Å². The van der Waals surface area contributed by atoms with Crippen molar-refractivity contribution in [1.82, 2.24) is 29.9 Å². The summed E-state index contributed by atoms with van der Waals surface area (Å²) in [6, 6.07) is 17.1. The Morgan fingerprint density at radius 2 is 1.87 bits per heavy atom. The number of aryl methyl sites for hydroxylation is 1. The number of hydrogen-bond acceptors (Lipinski definition) is 9. The Labute approximate surface area is 178 Å². The van der Waals surface area contributed by atoms with E-state index in [2.05, 4.69) is 30.6 Å². The lowest BCUT2D eigenvalue weighted by molar-refractivity contribution is 0.0454. The number of benzene rings is 2. The average Bonchev–Trinajstić information content (AvgIpc) is 3.14. The van der Waals surface area contributed by atoms with Crippen LogP contribution in [0.2, 0.25) is 0 Å². The van der Waals surface area contributed by atoms with Crippen LogP contribution >= 0.6 is 0 Å². The van der Waals surface area contributed by atoms with Gasteiger partial charge in [0.25, 0.3) is 0 Å². The molecule has 3 N–H and O–H groups in total. The number of ether oxygens (including phenoxy) is 1. The molecule has 4 aromatic rings. The third-order valence-corrected chi connectivity index (χ3v) is 4.40. The van der Waals surface area contributed by atoms with Gasteiger partial charge in [0, 0.05) is 5.69 Å². The number of carbonyl (C=O) groups excluding carboxylic acids is 1. The van der Waals surface area contributed by atoms with Crippen molar-refractivity contribution in [2.45, 2.75) is 20.5 Å². The molecular formula is C21H20N8O2. The van der Waals surface area contributed by atoms with E-state index in [0.717, 1.165) is 16.9 Å². The van der Waals surface area contributed by atoms with Crippen LogP contribution in [0, 0.1) is 13.8 Å². The van der Waals surface area contributed by atoms with Crippen LogP contribution in [0.3, 0.4) is 0 Å². The van der Waals surface area contributed by atoms with Gasteiger partial charge in [-0.05, 0) is 43.7 Å². The number of aromatic nitrogens is 6. The fourth-order valence-electron chi connectivity index (χ4n) is 2.93. The van der Waals surface area contributed by atoms with Gasteiger partial charge in [-0.25, -0.2) is 9.48 Å². The molecule has 2 heterocycles. The van der Waals surface area contributed by atoms with E-state index in [-0.39, 0.29) is 30.0 Å². The molecule has 4 rings (SSSR count). The molecule has 0 saturated carbocycles. The third kappa shape index (κ3) is 4.64. The molecule has 0 aliphatic carbocycles. The van der Waals surface area contributed by atoms with Crippen molar-refractivity contribution >= 4 is 23.6 Å². The number of rotatable bonds is 6. The standard InChI is InChI=1S/C21H20N8O2/c1-13-7-6-10-16(11-13)29-14(2)18(27-28-29)19(30)31-12-17-24-20(22)26-21(25-17)23-15-8-4-3-5-9-15/h3-11H,12H2,1-2H3,(H3,22,23,24,25,26). The second-order valence-electron chi connectivity index (χ2n) is 6.77. The first-order valence-corrected chi connectivity index (χ1v) is 9.48. The average molecular weight is 416 g/mol. The summed E-state index contributed by atoms with van der Waals surface area (Å²) in [5.41, 5.74) is 9.13. The van der Waals surface area contributed by atoms with Gasteiger partial charge in [-0.2, -0.15) is 15.0 Å². The van der Waals surface area contributed by atoms with Crippen molar-refractivity contribution in [2.24, 2.45) is 0 Å². The molecule has 31 heavy (non-hydrogen) atoms. The molecule has 0 spiro atoms. The van der Waals surface area contributed by atoms with Crippen molar-refractivity contribution in [3.63, 3.8) is 0 Å². The maximum Gasteiger partial charge on any atom is 0.361 e. The predicted molar refractivity (Wildman–Crippen MR) is 114 cm³/mol. The van der Waals surface area contributed by atoms with Gasteiger partial charge in [0.15, 0.2) is 18.1 Å². The number of nitrogens with zero attached hydrogens (tertiary/aromatic N) is 6. The second-order valence-corrected chi connectivity index (χ2v) is 6.77. The predicted octanol–water partition coefficient (Wildman–Crippen LogP) is 2.75. The molecule has 0 amide bonds. The van der Waals surface area contributed by atoms with E-state index in [1.165, 1.54) is 0 Å². The molecule has 2 aromatic heterocycles. The zero-order chi connectivity index (χ0) is 21.8. The lowest BCUT2D eigenvalue weighted by atomic mass is 10.2. The highest BCUT2D eigenvalue weighted by molar-refractivity contribution is 5.88. The molecule has 0 aliphatic rings. The van der Waals surface area contributed by atoms with Crippen LogP contribution in [0.5, 0.6) is 0 Å². The van der Waals surface area contributed by atoms with E-state index in [4.69, 9.17) is 10.5 Å². The molecular weight excluding hydrogens is 396 g/mol. The zero-order valence-electron chi connectivity index (χ0n) is 17.0. The summed E-state index contributed by atoms with van der Waals surface area (Å²) in [4.78, 5) is 24.9. The molecule has 156 valence electrons. The van der Waals surface area contributed by atoms with Crippen LogP contribution in [0.4, 0.5) is 17.6 Å². The monoisotopic (exact) mass is 416 g/mol. The van der Waals surface area contributed by atoms with Crippen molar-refractivity contribution in [3.05, 3.63) is 77.4 Å². The molecule has 0 radical (unpaired) electrons. The van der Waals surface area contributed by atoms with Gasteiger partial charge in [0.2, 0.25) is 11.9 Å². The molecule has 0 fully saturated rings. The highest BCUT2D eigenvalue weighted by Gasteiger charge is 2.19. The molecule has 0 unspecified atom stereocenters. The quantitative estimate of drug-likeness (QED) is 0.455. The minimum absolute atomic E-state index is 0.0149. The van der Waals surface area contributed by atoms with Gasteiger partial charge in [0.05, 0.1) is 11.4 Å². The van der Waals surface area contributed by atoms with E-state index in [1.54, 1.807) is 11.6 Å². The Kier molecular flexibility index (Phi) is 5.52. The number of carbonyl (C=O) groups is 1. The molecule has 2 aromatic carbocycles. The first kappa shape index (κ1) is 20.0. The number of nitrogens with two attached hydrogens (primary N) is 1. The Balaban J connectivity index is 1.47. The summed E-state index contributed by atoms with van der Waals surface area (Å²) < 4.78 is 6.93. The van der Waals surface area contributed by atoms with Crippen molar-refractivity contribution in [1.29, 1.82) is 0 Å². The van der Waals surface area contributed by atoms with Gasteiger partial charge < -0.3 is 15.8 Å². The van der Waals surface area contributed by atoms with Crippen LogP contribution in [0.15, 0.2) is 54.6 Å². The molecule has 0 saturated heterocycles. The minimum atomic E-state index is -0.632. The third-order valence-electron chi connectivity index (χ3n) is 4.40. The molecule has 0 aliphatic heterocycles. The van der Waals surface area contributed by atoms with Gasteiger partial charge >= 0.3 is 5.97 Å². The number of nitrogens with one attached hydrogen (secondary N) is 1. The number of para-hydroxylation sites is 1. The largest absolute Gasteiger partial charge is 0.453 e. The summed E-state index contributed by atoms with van der Waals surface area (Å²) in [6.07, 6.45) is 0. The Morgan fingerprint density at radius 3 is 2.65 bits per heavy atom. The molecule has 0 atom stereocenters. The summed E-state index contributed by atoms with van der Waals surface area (Å²) in [5.74, 6) is -0.150. The summed E-state index contributed by atoms with van der Waals surface area (Å²) in [5, 5.41) is 11.1. The Hall–Kier alpha value is -4.34. The van der Waals surface area contributed by atoms with Crippen molar-refractivity contribution in [2.75, 3.05) is 11.1 Å². The number of esters is 1. The lowest BCUT2D eigenvalue weighted by Crippen LogP contribution is -2.12. The SMILES string of the molecule is Cc1cccc(-n2nnc(C(=O)OCc3nc(N)nc(Nc4ccccc4)n3)c2C)c1. The number of nitrogen functional groups attached to an aromatic ring is 1. The summed E-state index contributed by atoms with van der Waals surface area (Å²) in [6.45, 7) is 3.54. The normalized spacial score (nSPS) is 10.6. The summed E-state index contributed by atoms with van der Waals surface area (Å²) in [7, 11) is 0. The lowest BCUT2D eigenvalue weighted by Gasteiger charge is -2.08. The maximum absolute atomic E-state index is 12.6. The molecule has 0 bridgehead atoms. The Bertz CT molecular complexity index is 1220. The second kappa shape index (κ2) is 8.57. The highest BCUT2D eigenvalue weighted by Crippen LogP contribution is 2.16. The van der Waals surface area contributed by atoms with Crippen molar-refractivity contribution < 1.29 is 9.53 Å². The fraction of sp³-hybridized carbons (Fsp3) is 0.143. The van der Waals surface area contributed by atoms with Crippen LogP contribution in [-0.4, -0.2) is 35.9 Å². The van der Waals surface area contributed by atoms with Crippen LogP contribution in [0.1, 0.15) is 27.6 Å². The van der Waals surface area contributed by atoms with Crippen LogP contribution < -0.4 is 11.1 Å². The van der Waals surface area contributed by atoms with Crippen LogP contribution in [0.25, 0.3) is 5.69 Å². The first-order chi connectivity index (χ1) is 15.0. The van der Waals surface area contributed by atoms with Gasteiger partial charge in [-0.1, -0.05) is 35.5 Å². The smallest absolute Gasteiger partial charge is 0.361 e. The summed E-state index contributed by atoms with van der Waals surface area (Å²) >= 11 is 0. The van der Waals surface area contributed by atoms with E-state index in [9.17, 15) is 4.79 Å². The Morgan fingerprint density at radius 1 is 1.06 bits per heavy atom. The molecule has 10 nitrogen and oxygen atoms in total. The topological polar surface area (TPSA) is 134 Å². The number of hydrogen-bond donors (Lipinski definition) is 2. The molecule has 10 heteroatoms. The van der Waals surface area contributed by atoms with E-state index < -0.39 is 5.97 Å². The van der Waals surface area contributed by atoms with E-state index in [0.29, 0.717) is 5.69 Å². The highest BCUT2D eigenvalue weighted by atomic mass is 16.5. The number of anilines is 3.